The van der Waals surface area contributed by atoms with Crippen molar-refractivity contribution in [1.29, 1.82) is 0 Å². The maximum absolute atomic E-state index is 12.6. The van der Waals surface area contributed by atoms with Gasteiger partial charge in [-0.15, -0.1) is 0 Å². The van der Waals surface area contributed by atoms with Crippen LogP contribution >= 0.6 is 0 Å². The highest BCUT2D eigenvalue weighted by atomic mass is 19.4. The number of halogens is 6. The molecule has 0 atom stereocenters. The normalized spacial score (nSPS) is 12.9. The third kappa shape index (κ3) is 2.83. The highest BCUT2D eigenvalue weighted by Gasteiger charge is 2.44. The summed E-state index contributed by atoms with van der Waals surface area (Å²) in [5, 5.41) is 9.01. The fraction of sp³-hybridized carbons (Fsp3) is 0.400. The van der Waals surface area contributed by atoms with Gasteiger partial charge in [-0.3, -0.25) is 0 Å². The maximum Gasteiger partial charge on any atom is 0.417 e. The van der Waals surface area contributed by atoms with Crippen molar-refractivity contribution in [2.75, 3.05) is 0 Å². The second-order valence-corrected chi connectivity index (χ2v) is 3.38. The van der Waals surface area contributed by atoms with Gasteiger partial charge in [0.2, 0.25) is 0 Å². The van der Waals surface area contributed by atoms with Crippen molar-refractivity contribution in [3.63, 3.8) is 0 Å². The SMILES string of the molecule is CCc1cc(O)cc(C(F)(F)F)c1C(F)(F)F. The molecule has 7 heteroatoms. The van der Waals surface area contributed by atoms with Crippen molar-refractivity contribution in [2.45, 2.75) is 25.7 Å². The number of aryl methyl sites for hydroxylation is 1. The zero-order valence-electron chi connectivity index (χ0n) is 8.58. The Morgan fingerprint density at radius 2 is 1.53 bits per heavy atom. The van der Waals surface area contributed by atoms with Crippen LogP contribution in [0, 0.1) is 0 Å². The van der Waals surface area contributed by atoms with Gasteiger partial charge in [-0.25, -0.2) is 0 Å². The van der Waals surface area contributed by atoms with E-state index in [-0.39, 0.29) is 12.5 Å². The Kier molecular flexibility index (Phi) is 3.31. The lowest BCUT2D eigenvalue weighted by molar-refractivity contribution is -0.162. The standard InChI is InChI=1S/C10H8F6O/c1-2-5-3-6(17)4-7(9(11,12)13)8(5)10(14,15)16/h3-4,17H,2H2,1H3. The zero-order valence-corrected chi connectivity index (χ0v) is 8.58. The largest absolute Gasteiger partial charge is 0.508 e. The summed E-state index contributed by atoms with van der Waals surface area (Å²) in [6.45, 7) is 1.28. The first-order valence-corrected chi connectivity index (χ1v) is 4.57. The molecule has 0 heterocycles. The summed E-state index contributed by atoms with van der Waals surface area (Å²) >= 11 is 0. The molecule has 1 rings (SSSR count). The van der Waals surface area contributed by atoms with Gasteiger partial charge in [0.05, 0.1) is 11.1 Å². The first kappa shape index (κ1) is 13.7. The summed E-state index contributed by atoms with van der Waals surface area (Å²) in [6, 6.07) is 0.778. The Morgan fingerprint density at radius 3 is 1.88 bits per heavy atom. The molecule has 1 N–H and O–H groups in total. The predicted octanol–water partition coefficient (Wildman–Crippen LogP) is 3.99. The van der Waals surface area contributed by atoms with Gasteiger partial charge in [-0.1, -0.05) is 6.92 Å². The van der Waals surface area contributed by atoms with Crippen molar-refractivity contribution in [3.05, 3.63) is 28.8 Å². The van der Waals surface area contributed by atoms with Crippen LogP contribution in [0.3, 0.4) is 0 Å². The summed E-state index contributed by atoms with van der Waals surface area (Å²) in [6.07, 6.45) is -10.5. The third-order valence-electron chi connectivity index (χ3n) is 2.17. The molecule has 0 unspecified atom stereocenters. The van der Waals surface area contributed by atoms with Gasteiger partial charge in [0, 0.05) is 0 Å². The molecule has 1 aromatic carbocycles. The van der Waals surface area contributed by atoms with E-state index in [0.29, 0.717) is 6.07 Å². The molecule has 17 heavy (non-hydrogen) atoms. The van der Waals surface area contributed by atoms with E-state index in [4.69, 9.17) is 5.11 Å². The number of hydrogen-bond donors (Lipinski definition) is 1. The quantitative estimate of drug-likeness (QED) is 0.755. The smallest absolute Gasteiger partial charge is 0.417 e. The highest BCUT2D eigenvalue weighted by molar-refractivity contribution is 5.45. The maximum atomic E-state index is 12.6. The van der Waals surface area contributed by atoms with Gasteiger partial charge in [0.15, 0.2) is 0 Å². The Morgan fingerprint density at radius 1 is 1.00 bits per heavy atom. The van der Waals surface area contributed by atoms with Crippen LogP contribution in [-0.2, 0) is 18.8 Å². The molecule has 0 fully saturated rings. The molecule has 0 aliphatic carbocycles. The van der Waals surface area contributed by atoms with Crippen molar-refractivity contribution < 1.29 is 31.4 Å². The van der Waals surface area contributed by atoms with E-state index < -0.39 is 34.8 Å². The number of phenolic OH excluding ortho intramolecular Hbond substituents is 1. The van der Waals surface area contributed by atoms with Crippen molar-refractivity contribution in [3.8, 4) is 5.75 Å². The molecular weight excluding hydrogens is 250 g/mol. The average molecular weight is 258 g/mol. The summed E-state index contributed by atoms with van der Waals surface area (Å²) in [5.74, 6) is -0.831. The zero-order chi connectivity index (χ0) is 13.4. The second kappa shape index (κ2) is 4.12. The molecule has 0 aliphatic heterocycles. The van der Waals surface area contributed by atoms with E-state index in [1.165, 1.54) is 6.92 Å². The van der Waals surface area contributed by atoms with Crippen LogP contribution in [0.4, 0.5) is 26.3 Å². The van der Waals surface area contributed by atoms with Crippen molar-refractivity contribution >= 4 is 0 Å². The molecule has 0 saturated carbocycles. The first-order valence-electron chi connectivity index (χ1n) is 4.57. The van der Waals surface area contributed by atoms with E-state index in [2.05, 4.69) is 0 Å². The van der Waals surface area contributed by atoms with Crippen LogP contribution in [-0.4, -0.2) is 5.11 Å². The van der Waals surface area contributed by atoms with E-state index in [1.54, 1.807) is 0 Å². The van der Waals surface area contributed by atoms with Gasteiger partial charge in [-0.2, -0.15) is 26.3 Å². The fourth-order valence-corrected chi connectivity index (χ4v) is 1.52. The van der Waals surface area contributed by atoms with Gasteiger partial charge in [-0.05, 0) is 24.1 Å². The minimum Gasteiger partial charge on any atom is -0.508 e. The minimum atomic E-state index is -5.16. The Hall–Kier alpha value is -1.40. The first-order chi connectivity index (χ1) is 7.57. The molecule has 0 radical (unpaired) electrons. The third-order valence-corrected chi connectivity index (χ3v) is 2.17. The molecule has 0 bridgehead atoms. The van der Waals surface area contributed by atoms with Crippen molar-refractivity contribution in [2.24, 2.45) is 0 Å². The van der Waals surface area contributed by atoms with E-state index in [9.17, 15) is 26.3 Å². The fourth-order valence-electron chi connectivity index (χ4n) is 1.52. The molecule has 0 aromatic heterocycles. The molecule has 0 aliphatic rings. The molecular formula is C10H8F6O. The molecule has 0 amide bonds. The van der Waals surface area contributed by atoms with Gasteiger partial charge >= 0.3 is 12.4 Å². The number of rotatable bonds is 1. The number of alkyl halides is 6. The molecule has 0 saturated heterocycles. The average Bonchev–Trinajstić information content (AvgIpc) is 2.12. The number of hydrogen-bond acceptors (Lipinski definition) is 1. The second-order valence-electron chi connectivity index (χ2n) is 3.38. The minimum absolute atomic E-state index is 0.0853. The van der Waals surface area contributed by atoms with Crippen LogP contribution in [0.5, 0.6) is 5.75 Å². The summed E-state index contributed by atoms with van der Waals surface area (Å²) < 4.78 is 75.1. The number of benzene rings is 1. The van der Waals surface area contributed by atoms with Gasteiger partial charge in [0.25, 0.3) is 0 Å². The Balaban J connectivity index is 3.63. The monoisotopic (exact) mass is 258 g/mol. The number of aromatic hydroxyl groups is 1. The lowest BCUT2D eigenvalue weighted by Gasteiger charge is -2.19. The van der Waals surface area contributed by atoms with Gasteiger partial charge in [0.1, 0.15) is 5.75 Å². The molecule has 1 aromatic rings. The van der Waals surface area contributed by atoms with E-state index in [1.807, 2.05) is 0 Å². The van der Waals surface area contributed by atoms with E-state index in [0.717, 1.165) is 0 Å². The Labute approximate surface area is 92.7 Å². The van der Waals surface area contributed by atoms with Crippen LogP contribution in [0.15, 0.2) is 12.1 Å². The molecule has 1 nitrogen and oxygen atoms in total. The Bertz CT molecular complexity index is 418. The summed E-state index contributed by atoms with van der Waals surface area (Å²) in [5.41, 5.74) is -4.17. The lowest BCUT2D eigenvalue weighted by Crippen LogP contribution is -2.18. The summed E-state index contributed by atoms with van der Waals surface area (Å²) in [4.78, 5) is 0. The van der Waals surface area contributed by atoms with Crippen LogP contribution < -0.4 is 0 Å². The van der Waals surface area contributed by atoms with E-state index >= 15 is 0 Å². The van der Waals surface area contributed by atoms with Crippen LogP contribution in [0.1, 0.15) is 23.6 Å². The predicted molar refractivity (Wildman–Crippen MR) is 47.5 cm³/mol. The molecule has 0 spiro atoms. The highest BCUT2D eigenvalue weighted by Crippen LogP contribution is 2.43. The van der Waals surface area contributed by atoms with Crippen molar-refractivity contribution in [1.82, 2.24) is 0 Å². The van der Waals surface area contributed by atoms with Gasteiger partial charge < -0.3 is 5.11 Å². The molecule has 96 valence electrons. The van der Waals surface area contributed by atoms with Crippen LogP contribution in [0.2, 0.25) is 0 Å². The number of phenols is 1. The summed E-state index contributed by atoms with van der Waals surface area (Å²) in [7, 11) is 0. The van der Waals surface area contributed by atoms with Crippen LogP contribution in [0.25, 0.3) is 0 Å². The topological polar surface area (TPSA) is 20.2 Å². The lowest BCUT2D eigenvalue weighted by atomic mass is 9.97.